The highest BCUT2D eigenvalue weighted by Gasteiger charge is 2.38. The molecule has 2 rings (SSSR count). The van der Waals surface area contributed by atoms with Crippen molar-refractivity contribution in [2.45, 2.75) is 24.4 Å². The normalized spacial score (nSPS) is 24.4. The van der Waals surface area contributed by atoms with Gasteiger partial charge in [-0.1, -0.05) is 6.92 Å². The van der Waals surface area contributed by atoms with Crippen LogP contribution in [0.3, 0.4) is 0 Å². The summed E-state index contributed by atoms with van der Waals surface area (Å²) >= 11 is 0. The largest absolute Gasteiger partial charge is 0.325 e. The number of pyridine rings is 1. The minimum absolute atomic E-state index is 0.237. The van der Waals surface area contributed by atoms with Crippen molar-refractivity contribution in [1.29, 1.82) is 0 Å². The van der Waals surface area contributed by atoms with Gasteiger partial charge >= 0.3 is 0 Å². The summed E-state index contributed by atoms with van der Waals surface area (Å²) in [6.07, 6.45) is 1.39. The second kappa shape index (κ2) is 5.77. The molecule has 7 heteroatoms. The third-order valence-corrected chi connectivity index (χ3v) is 5.66. The summed E-state index contributed by atoms with van der Waals surface area (Å²) in [6, 6.07) is 3.50. The SMILES string of the molecule is CC1CN(S(=O)(=O)c2ccc(CN)nc2)CC1N(C)C. The van der Waals surface area contributed by atoms with Crippen LogP contribution in [0.2, 0.25) is 0 Å². The summed E-state index contributed by atoms with van der Waals surface area (Å²) in [6.45, 7) is 3.46. The maximum absolute atomic E-state index is 12.6. The van der Waals surface area contributed by atoms with Crippen LogP contribution >= 0.6 is 0 Å². The molecular formula is C13H22N4O2S. The van der Waals surface area contributed by atoms with E-state index >= 15 is 0 Å². The van der Waals surface area contributed by atoms with E-state index in [2.05, 4.69) is 16.8 Å². The average molecular weight is 298 g/mol. The van der Waals surface area contributed by atoms with Crippen molar-refractivity contribution in [1.82, 2.24) is 14.2 Å². The van der Waals surface area contributed by atoms with Crippen LogP contribution in [-0.2, 0) is 16.6 Å². The first-order valence-electron chi connectivity index (χ1n) is 6.68. The van der Waals surface area contributed by atoms with Gasteiger partial charge in [0.05, 0.1) is 5.69 Å². The van der Waals surface area contributed by atoms with E-state index in [0.29, 0.717) is 31.2 Å². The fourth-order valence-electron chi connectivity index (χ4n) is 2.61. The second-order valence-electron chi connectivity index (χ2n) is 5.52. The molecule has 1 aromatic rings. The summed E-state index contributed by atoms with van der Waals surface area (Å²) in [4.78, 5) is 6.38. The van der Waals surface area contributed by atoms with Gasteiger partial charge in [-0.25, -0.2) is 8.42 Å². The van der Waals surface area contributed by atoms with Crippen molar-refractivity contribution in [3.63, 3.8) is 0 Å². The van der Waals surface area contributed by atoms with E-state index in [-0.39, 0.29) is 10.9 Å². The molecule has 2 atom stereocenters. The lowest BCUT2D eigenvalue weighted by atomic mass is 10.1. The highest BCUT2D eigenvalue weighted by atomic mass is 32.2. The third kappa shape index (κ3) is 2.85. The molecule has 1 aromatic heterocycles. The van der Waals surface area contributed by atoms with Crippen molar-refractivity contribution in [2.24, 2.45) is 11.7 Å². The Morgan fingerprint density at radius 3 is 2.55 bits per heavy atom. The smallest absolute Gasteiger partial charge is 0.244 e. The van der Waals surface area contributed by atoms with Gasteiger partial charge in [0.1, 0.15) is 4.90 Å². The predicted molar refractivity (Wildman–Crippen MR) is 77.5 cm³/mol. The van der Waals surface area contributed by atoms with E-state index in [1.54, 1.807) is 16.4 Å². The molecule has 0 saturated carbocycles. The molecule has 1 aliphatic heterocycles. The molecule has 0 aliphatic carbocycles. The first-order chi connectivity index (χ1) is 9.36. The summed E-state index contributed by atoms with van der Waals surface area (Å²) in [7, 11) is 0.502. The molecule has 0 radical (unpaired) electrons. The molecule has 2 heterocycles. The van der Waals surface area contributed by atoms with Gasteiger partial charge in [0.25, 0.3) is 0 Å². The van der Waals surface area contributed by atoms with Crippen molar-refractivity contribution in [2.75, 3.05) is 27.2 Å². The molecule has 6 nitrogen and oxygen atoms in total. The molecule has 0 amide bonds. The van der Waals surface area contributed by atoms with Gasteiger partial charge in [0.2, 0.25) is 10.0 Å². The molecule has 1 fully saturated rings. The number of likely N-dealkylation sites (N-methyl/N-ethyl adjacent to an activating group) is 1. The monoisotopic (exact) mass is 298 g/mol. The summed E-state index contributed by atoms with van der Waals surface area (Å²) < 4.78 is 26.7. The molecule has 112 valence electrons. The fraction of sp³-hybridized carbons (Fsp3) is 0.615. The van der Waals surface area contributed by atoms with Crippen molar-refractivity contribution in [3.8, 4) is 0 Å². The number of hydrogen-bond donors (Lipinski definition) is 1. The molecule has 2 unspecified atom stereocenters. The number of nitrogens with zero attached hydrogens (tertiary/aromatic N) is 3. The standard InChI is InChI=1S/C13H22N4O2S/c1-10-8-17(9-13(10)16(2)3)20(18,19)12-5-4-11(6-14)15-7-12/h4-5,7,10,13H,6,8-9,14H2,1-3H3. The van der Waals surface area contributed by atoms with Crippen LogP contribution in [0.5, 0.6) is 0 Å². The number of rotatable bonds is 4. The Labute approximate surface area is 120 Å². The van der Waals surface area contributed by atoms with E-state index in [1.165, 1.54) is 6.20 Å². The van der Waals surface area contributed by atoms with Crippen LogP contribution in [-0.4, -0.2) is 55.8 Å². The van der Waals surface area contributed by atoms with Gasteiger partial charge in [-0.05, 0) is 32.1 Å². The van der Waals surface area contributed by atoms with Gasteiger partial charge in [-0.3, -0.25) is 4.98 Å². The Hall–Kier alpha value is -1.02. The van der Waals surface area contributed by atoms with E-state index in [9.17, 15) is 8.42 Å². The minimum Gasteiger partial charge on any atom is -0.325 e. The minimum atomic E-state index is -3.46. The number of sulfonamides is 1. The third-order valence-electron chi connectivity index (χ3n) is 3.85. The average Bonchev–Trinajstić information content (AvgIpc) is 2.82. The zero-order valence-corrected chi connectivity index (χ0v) is 13.0. The Bertz CT molecular complexity index is 556. The second-order valence-corrected chi connectivity index (χ2v) is 7.46. The van der Waals surface area contributed by atoms with Crippen LogP contribution in [0.15, 0.2) is 23.2 Å². The number of nitrogens with two attached hydrogens (primary N) is 1. The molecule has 0 bridgehead atoms. The summed E-state index contributed by atoms with van der Waals surface area (Å²) in [5, 5.41) is 0. The topological polar surface area (TPSA) is 79.5 Å². The van der Waals surface area contributed by atoms with E-state index < -0.39 is 10.0 Å². The van der Waals surface area contributed by atoms with Crippen molar-refractivity contribution < 1.29 is 8.42 Å². The summed E-state index contributed by atoms with van der Waals surface area (Å²) in [5.41, 5.74) is 6.16. The highest BCUT2D eigenvalue weighted by molar-refractivity contribution is 7.89. The predicted octanol–water partition coefficient (Wildman–Crippen LogP) is 0.111. The molecular weight excluding hydrogens is 276 g/mol. The van der Waals surface area contributed by atoms with E-state index in [0.717, 1.165) is 0 Å². The zero-order valence-electron chi connectivity index (χ0n) is 12.2. The molecule has 0 spiro atoms. The van der Waals surface area contributed by atoms with Gasteiger partial charge in [-0.2, -0.15) is 4.31 Å². The van der Waals surface area contributed by atoms with Crippen LogP contribution in [0, 0.1) is 5.92 Å². The van der Waals surface area contributed by atoms with Gasteiger partial charge < -0.3 is 10.6 Å². The van der Waals surface area contributed by atoms with Crippen LogP contribution in [0.1, 0.15) is 12.6 Å². The van der Waals surface area contributed by atoms with E-state index in [1.807, 2.05) is 14.1 Å². The Morgan fingerprint density at radius 1 is 1.40 bits per heavy atom. The van der Waals surface area contributed by atoms with Crippen molar-refractivity contribution in [3.05, 3.63) is 24.0 Å². The number of aromatic nitrogens is 1. The van der Waals surface area contributed by atoms with Crippen LogP contribution in [0.25, 0.3) is 0 Å². The first kappa shape index (κ1) is 15.4. The number of hydrogen-bond acceptors (Lipinski definition) is 5. The maximum atomic E-state index is 12.6. The lowest BCUT2D eigenvalue weighted by Gasteiger charge is -2.22. The van der Waals surface area contributed by atoms with Crippen molar-refractivity contribution >= 4 is 10.0 Å². The molecule has 2 N–H and O–H groups in total. The molecule has 0 aromatic carbocycles. The quantitative estimate of drug-likeness (QED) is 0.853. The Balaban J connectivity index is 2.22. The van der Waals surface area contributed by atoms with Gasteiger partial charge in [0.15, 0.2) is 0 Å². The Morgan fingerprint density at radius 2 is 2.10 bits per heavy atom. The fourth-order valence-corrected chi connectivity index (χ4v) is 4.11. The lowest BCUT2D eigenvalue weighted by Crippen LogP contribution is -2.35. The molecule has 1 saturated heterocycles. The zero-order chi connectivity index (χ0) is 14.9. The lowest BCUT2D eigenvalue weighted by molar-refractivity contribution is 0.263. The van der Waals surface area contributed by atoms with E-state index in [4.69, 9.17) is 5.73 Å². The van der Waals surface area contributed by atoms with Gasteiger partial charge in [0, 0.05) is 31.9 Å². The van der Waals surface area contributed by atoms with Crippen LogP contribution < -0.4 is 5.73 Å². The highest BCUT2D eigenvalue weighted by Crippen LogP contribution is 2.26. The summed E-state index contributed by atoms with van der Waals surface area (Å²) in [5.74, 6) is 0.316. The molecule has 1 aliphatic rings. The molecule has 20 heavy (non-hydrogen) atoms. The maximum Gasteiger partial charge on any atom is 0.244 e. The first-order valence-corrected chi connectivity index (χ1v) is 8.12. The Kier molecular flexibility index (Phi) is 4.43. The van der Waals surface area contributed by atoms with Gasteiger partial charge in [-0.15, -0.1) is 0 Å². The van der Waals surface area contributed by atoms with Crippen LogP contribution in [0.4, 0.5) is 0 Å².